The third-order valence-corrected chi connectivity index (χ3v) is 6.20. The van der Waals surface area contributed by atoms with Crippen LogP contribution in [0.4, 0.5) is 0 Å². The van der Waals surface area contributed by atoms with E-state index in [2.05, 4.69) is 29.6 Å². The number of hydrogen-bond donors (Lipinski definition) is 1. The Hall–Kier alpha value is -4.18. The van der Waals surface area contributed by atoms with Crippen molar-refractivity contribution in [2.24, 2.45) is 7.05 Å². The van der Waals surface area contributed by atoms with Gasteiger partial charge in [0.1, 0.15) is 0 Å². The fourth-order valence-electron chi connectivity index (χ4n) is 4.41. The molecule has 0 aliphatic rings. The van der Waals surface area contributed by atoms with Crippen molar-refractivity contribution in [2.75, 3.05) is 0 Å². The normalized spacial score (nSPS) is 11.9. The fraction of sp³-hybridized carbons (Fsp3) is 0.133. The molecule has 0 saturated carbocycles. The predicted molar refractivity (Wildman–Crippen MR) is 138 cm³/mol. The number of carbonyl (C=O) groups excluding carboxylic acids is 1. The topological polar surface area (TPSA) is 46.9 Å². The van der Waals surface area contributed by atoms with E-state index in [0.717, 1.165) is 33.4 Å². The number of amides is 1. The van der Waals surface area contributed by atoms with Crippen LogP contribution in [0.25, 0.3) is 22.3 Å². The molecule has 4 nitrogen and oxygen atoms in total. The monoisotopic (exact) mass is 445 g/mol. The average Bonchev–Trinajstić information content (AvgIpc) is 3.30. The second-order valence-electron chi connectivity index (χ2n) is 8.71. The molecule has 4 heteroatoms. The third-order valence-electron chi connectivity index (χ3n) is 6.20. The minimum Gasteiger partial charge on any atom is -0.349 e. The average molecular weight is 446 g/mol. The lowest BCUT2D eigenvalue weighted by atomic mass is 9.97. The van der Waals surface area contributed by atoms with Crippen molar-refractivity contribution in [3.63, 3.8) is 0 Å². The van der Waals surface area contributed by atoms with Crippen molar-refractivity contribution in [1.82, 2.24) is 14.9 Å². The molecule has 3 aromatic carbocycles. The van der Waals surface area contributed by atoms with Crippen molar-refractivity contribution in [1.29, 1.82) is 0 Å². The number of nitrogens with zero attached hydrogens (tertiary/aromatic N) is 2. The highest BCUT2D eigenvalue weighted by atomic mass is 16.1. The van der Waals surface area contributed by atoms with E-state index in [1.165, 1.54) is 5.56 Å². The van der Waals surface area contributed by atoms with Gasteiger partial charge in [-0.2, -0.15) is 0 Å². The van der Waals surface area contributed by atoms with E-state index in [1.54, 1.807) is 0 Å². The van der Waals surface area contributed by atoms with Gasteiger partial charge in [-0.15, -0.1) is 0 Å². The maximum Gasteiger partial charge on any atom is 0.252 e. The van der Waals surface area contributed by atoms with Crippen LogP contribution in [0, 0.1) is 6.92 Å². The smallest absolute Gasteiger partial charge is 0.252 e. The SMILES string of the molecule is Cc1ccc2nc(-c3cccn3C)cc(C(=O)NC(Cc3ccccc3)c3ccccc3)c2c1. The zero-order valence-electron chi connectivity index (χ0n) is 19.4. The Morgan fingerprint density at radius 1 is 0.912 bits per heavy atom. The van der Waals surface area contributed by atoms with E-state index >= 15 is 0 Å². The molecule has 0 fully saturated rings. The molecule has 2 aromatic heterocycles. The van der Waals surface area contributed by atoms with Crippen LogP contribution in [0.2, 0.25) is 0 Å². The molecule has 0 bridgehead atoms. The van der Waals surface area contributed by atoms with Gasteiger partial charge in [-0.3, -0.25) is 4.79 Å². The summed E-state index contributed by atoms with van der Waals surface area (Å²) in [6.45, 7) is 2.04. The molecule has 1 N–H and O–H groups in total. The van der Waals surface area contributed by atoms with E-state index in [-0.39, 0.29) is 11.9 Å². The molecule has 0 spiro atoms. The zero-order chi connectivity index (χ0) is 23.5. The van der Waals surface area contributed by atoms with Crippen molar-refractivity contribution < 1.29 is 4.79 Å². The predicted octanol–water partition coefficient (Wildman–Crippen LogP) is 6.26. The van der Waals surface area contributed by atoms with Gasteiger partial charge in [0.25, 0.3) is 5.91 Å². The summed E-state index contributed by atoms with van der Waals surface area (Å²) in [5, 5.41) is 4.19. The lowest BCUT2D eigenvalue weighted by Gasteiger charge is -2.20. The number of carbonyl (C=O) groups is 1. The Bertz CT molecular complexity index is 1440. The Balaban J connectivity index is 1.57. The minimum atomic E-state index is -0.150. The number of hydrogen-bond acceptors (Lipinski definition) is 2. The molecule has 0 aliphatic heterocycles. The number of rotatable bonds is 6. The lowest BCUT2D eigenvalue weighted by molar-refractivity contribution is 0.0938. The highest BCUT2D eigenvalue weighted by molar-refractivity contribution is 6.07. The van der Waals surface area contributed by atoms with Crippen LogP contribution in [-0.2, 0) is 13.5 Å². The first-order valence-corrected chi connectivity index (χ1v) is 11.5. The number of aromatic nitrogens is 2. The summed E-state index contributed by atoms with van der Waals surface area (Å²) in [6, 6.07) is 32.3. The summed E-state index contributed by atoms with van der Waals surface area (Å²) >= 11 is 0. The van der Waals surface area contributed by atoms with Gasteiger partial charge >= 0.3 is 0 Å². The summed E-state index contributed by atoms with van der Waals surface area (Å²) in [6.07, 6.45) is 2.70. The molecule has 1 unspecified atom stereocenters. The zero-order valence-corrected chi connectivity index (χ0v) is 19.4. The largest absolute Gasteiger partial charge is 0.349 e. The minimum absolute atomic E-state index is 0.0988. The molecule has 5 aromatic rings. The van der Waals surface area contributed by atoms with Gasteiger partial charge in [0.2, 0.25) is 0 Å². The van der Waals surface area contributed by atoms with Crippen molar-refractivity contribution in [2.45, 2.75) is 19.4 Å². The van der Waals surface area contributed by atoms with E-state index in [9.17, 15) is 4.79 Å². The van der Waals surface area contributed by atoms with Gasteiger partial charge in [-0.25, -0.2) is 4.98 Å². The summed E-state index contributed by atoms with van der Waals surface area (Å²) in [7, 11) is 1.99. The molecule has 2 heterocycles. The van der Waals surface area contributed by atoms with E-state index in [1.807, 2.05) is 97.5 Å². The number of aryl methyl sites for hydroxylation is 2. The Morgan fingerprint density at radius 3 is 2.35 bits per heavy atom. The molecule has 34 heavy (non-hydrogen) atoms. The molecule has 5 rings (SSSR count). The van der Waals surface area contributed by atoms with Gasteiger partial charge in [0.15, 0.2) is 0 Å². The standard InChI is InChI=1S/C30H27N3O/c1-21-15-16-26-24(18-21)25(20-28(31-26)29-14-9-17-33(29)2)30(34)32-27(23-12-7-4-8-13-23)19-22-10-5-3-6-11-22/h3-18,20,27H,19H2,1-2H3,(H,32,34). The van der Waals surface area contributed by atoms with Crippen LogP contribution in [-0.4, -0.2) is 15.5 Å². The van der Waals surface area contributed by atoms with Crippen LogP contribution in [0.5, 0.6) is 0 Å². The fourth-order valence-corrected chi connectivity index (χ4v) is 4.41. The molecule has 0 saturated heterocycles. The third kappa shape index (κ3) is 4.48. The Morgan fingerprint density at radius 2 is 1.65 bits per heavy atom. The quantitative estimate of drug-likeness (QED) is 0.335. The van der Waals surface area contributed by atoms with Crippen LogP contribution in [0.15, 0.2) is 103 Å². The molecule has 1 atom stereocenters. The summed E-state index contributed by atoms with van der Waals surface area (Å²) in [5.74, 6) is -0.0988. The summed E-state index contributed by atoms with van der Waals surface area (Å²) in [4.78, 5) is 18.7. The van der Waals surface area contributed by atoms with Crippen LogP contribution in [0.1, 0.15) is 33.1 Å². The molecule has 0 aliphatic carbocycles. The summed E-state index contributed by atoms with van der Waals surface area (Å²) in [5.41, 5.74) is 6.56. The second kappa shape index (κ2) is 9.36. The van der Waals surface area contributed by atoms with Gasteiger partial charge in [-0.05, 0) is 54.8 Å². The number of pyridine rings is 1. The highest BCUT2D eigenvalue weighted by Gasteiger charge is 2.20. The highest BCUT2D eigenvalue weighted by Crippen LogP contribution is 2.27. The number of nitrogens with one attached hydrogen (secondary N) is 1. The van der Waals surface area contributed by atoms with Crippen molar-refractivity contribution in [3.8, 4) is 11.4 Å². The molecular weight excluding hydrogens is 418 g/mol. The van der Waals surface area contributed by atoms with Crippen LogP contribution in [0.3, 0.4) is 0 Å². The van der Waals surface area contributed by atoms with E-state index < -0.39 is 0 Å². The molecule has 168 valence electrons. The maximum atomic E-state index is 13.8. The van der Waals surface area contributed by atoms with Crippen molar-refractivity contribution >= 4 is 16.8 Å². The Kier molecular flexibility index (Phi) is 5.96. The molecular formula is C30H27N3O. The first kappa shape index (κ1) is 21.7. The number of benzene rings is 3. The summed E-state index contributed by atoms with van der Waals surface area (Å²) < 4.78 is 2.02. The first-order chi connectivity index (χ1) is 16.6. The van der Waals surface area contributed by atoms with E-state index in [0.29, 0.717) is 12.0 Å². The van der Waals surface area contributed by atoms with Crippen molar-refractivity contribution in [3.05, 3.63) is 126 Å². The van der Waals surface area contributed by atoms with Gasteiger partial charge < -0.3 is 9.88 Å². The van der Waals surface area contributed by atoms with Gasteiger partial charge in [0.05, 0.1) is 28.5 Å². The van der Waals surface area contributed by atoms with Gasteiger partial charge in [0, 0.05) is 18.6 Å². The second-order valence-corrected chi connectivity index (χ2v) is 8.71. The Labute approximate surface area is 199 Å². The van der Waals surface area contributed by atoms with Gasteiger partial charge in [-0.1, -0.05) is 72.3 Å². The van der Waals surface area contributed by atoms with E-state index in [4.69, 9.17) is 4.98 Å². The van der Waals surface area contributed by atoms with Crippen LogP contribution >= 0.6 is 0 Å². The number of fused-ring (bicyclic) bond motifs is 1. The lowest BCUT2D eigenvalue weighted by Crippen LogP contribution is -2.30. The maximum absolute atomic E-state index is 13.8. The molecule has 1 amide bonds. The van der Waals surface area contributed by atoms with Crippen LogP contribution < -0.4 is 5.32 Å². The molecule has 0 radical (unpaired) electrons. The first-order valence-electron chi connectivity index (χ1n) is 11.5.